The second-order valence-electron chi connectivity index (χ2n) is 6.14. The summed E-state index contributed by atoms with van der Waals surface area (Å²) >= 11 is 0. The number of amides is 1. The van der Waals surface area contributed by atoms with E-state index in [1.54, 1.807) is 47.4 Å². The fourth-order valence-corrected chi connectivity index (χ4v) is 2.55. The monoisotopic (exact) mass is 354 g/mol. The molecule has 0 aliphatic carbocycles. The van der Waals surface area contributed by atoms with Crippen LogP contribution in [0.15, 0.2) is 52.7 Å². The third-order valence-electron chi connectivity index (χ3n) is 4.14. The maximum absolute atomic E-state index is 12.4. The number of ether oxygens (including phenoxy) is 1. The number of hydrogen-bond donors (Lipinski definition) is 2. The number of nitrogens with zero attached hydrogens (tertiary/aromatic N) is 4. The van der Waals surface area contributed by atoms with Crippen LogP contribution in [-0.4, -0.2) is 49.1 Å². The second kappa shape index (κ2) is 7.83. The van der Waals surface area contributed by atoms with E-state index in [0.29, 0.717) is 41.6 Å². The zero-order valence-corrected chi connectivity index (χ0v) is 14.6. The van der Waals surface area contributed by atoms with Crippen LogP contribution in [0.2, 0.25) is 0 Å². The predicted molar refractivity (Wildman–Crippen MR) is 101 cm³/mol. The number of rotatable bonds is 3. The molecule has 0 saturated carbocycles. The normalized spacial score (nSPS) is 15.3. The van der Waals surface area contributed by atoms with Crippen LogP contribution in [0.1, 0.15) is 0 Å². The smallest absolute Gasteiger partial charge is 0.408 e. The summed E-state index contributed by atoms with van der Waals surface area (Å²) in [6.07, 6.45) is -0.382. The number of azo groups is 1. The molecule has 1 amide bonds. The number of piperazine rings is 1. The maximum atomic E-state index is 12.4. The summed E-state index contributed by atoms with van der Waals surface area (Å²) in [5, 5.41) is 8.32. The molecule has 8 nitrogen and oxygen atoms in total. The Hall–Kier alpha value is -3.13. The predicted octanol–water partition coefficient (Wildman–Crippen LogP) is 3.01. The van der Waals surface area contributed by atoms with Gasteiger partial charge in [-0.1, -0.05) is 12.1 Å². The lowest BCUT2D eigenvalue weighted by Gasteiger charge is -2.31. The van der Waals surface area contributed by atoms with Crippen LogP contribution in [-0.2, 0) is 0 Å². The Kier molecular flexibility index (Phi) is 5.33. The zero-order chi connectivity index (χ0) is 18.5. The van der Waals surface area contributed by atoms with Crippen LogP contribution in [0.5, 0.6) is 5.75 Å². The van der Waals surface area contributed by atoms with Crippen LogP contribution in [0.3, 0.4) is 0 Å². The van der Waals surface area contributed by atoms with E-state index in [1.165, 1.54) is 0 Å². The molecule has 8 heteroatoms. The van der Waals surface area contributed by atoms with Gasteiger partial charge < -0.3 is 26.0 Å². The highest BCUT2D eigenvalue weighted by atomic mass is 16.6. The van der Waals surface area contributed by atoms with Crippen molar-refractivity contribution >= 4 is 28.8 Å². The topological polar surface area (TPSA) is 110 Å². The Bertz CT molecular complexity index is 815. The third-order valence-corrected chi connectivity index (χ3v) is 4.14. The van der Waals surface area contributed by atoms with E-state index in [4.69, 9.17) is 16.2 Å². The minimum absolute atomic E-state index is 0.356. The summed E-state index contributed by atoms with van der Waals surface area (Å²) in [5.41, 5.74) is 13.5. The average molecular weight is 354 g/mol. The Labute approximate surface area is 152 Å². The lowest BCUT2D eigenvalue weighted by Crippen LogP contribution is -2.48. The Morgan fingerprint density at radius 3 is 2.42 bits per heavy atom. The van der Waals surface area contributed by atoms with Crippen molar-refractivity contribution in [1.29, 1.82) is 0 Å². The van der Waals surface area contributed by atoms with Crippen molar-refractivity contribution in [2.45, 2.75) is 0 Å². The van der Waals surface area contributed by atoms with Gasteiger partial charge in [-0.25, -0.2) is 4.79 Å². The van der Waals surface area contributed by atoms with E-state index in [-0.39, 0.29) is 6.09 Å². The van der Waals surface area contributed by atoms with Gasteiger partial charge in [0.2, 0.25) is 0 Å². The first-order chi connectivity index (χ1) is 12.5. The van der Waals surface area contributed by atoms with E-state index in [1.807, 2.05) is 7.05 Å². The van der Waals surface area contributed by atoms with Crippen LogP contribution in [0.4, 0.5) is 27.5 Å². The molecule has 0 radical (unpaired) electrons. The van der Waals surface area contributed by atoms with Crippen molar-refractivity contribution in [1.82, 2.24) is 9.80 Å². The molecule has 26 heavy (non-hydrogen) atoms. The van der Waals surface area contributed by atoms with Gasteiger partial charge in [0.25, 0.3) is 0 Å². The Morgan fingerprint density at radius 1 is 1.00 bits per heavy atom. The van der Waals surface area contributed by atoms with E-state index >= 15 is 0 Å². The van der Waals surface area contributed by atoms with E-state index in [9.17, 15) is 4.79 Å². The molecule has 0 bridgehead atoms. The number of carbonyl (C=O) groups excluding carboxylic acids is 1. The molecule has 1 saturated heterocycles. The number of anilines is 2. The van der Waals surface area contributed by atoms with Crippen LogP contribution >= 0.6 is 0 Å². The number of benzene rings is 2. The summed E-state index contributed by atoms with van der Waals surface area (Å²) in [5.74, 6) is 0.356. The summed E-state index contributed by atoms with van der Waals surface area (Å²) in [4.78, 5) is 16.2. The molecule has 2 aromatic carbocycles. The van der Waals surface area contributed by atoms with Gasteiger partial charge in [0, 0.05) is 31.9 Å². The molecule has 3 rings (SSSR count). The fraction of sp³-hybridized carbons (Fsp3) is 0.278. The first-order valence-corrected chi connectivity index (χ1v) is 8.34. The quantitative estimate of drug-likeness (QED) is 0.650. The van der Waals surface area contributed by atoms with E-state index in [0.717, 1.165) is 13.1 Å². The molecule has 0 aromatic heterocycles. The largest absolute Gasteiger partial charge is 0.415 e. The minimum atomic E-state index is -0.382. The van der Waals surface area contributed by atoms with Crippen molar-refractivity contribution in [2.75, 3.05) is 44.7 Å². The van der Waals surface area contributed by atoms with Crippen molar-refractivity contribution in [3.05, 3.63) is 42.5 Å². The molecule has 1 heterocycles. The number of nitrogen functional groups attached to an aromatic ring is 2. The standard InChI is InChI=1S/C18H22N6O2/c1-23-8-10-24(11-9-23)18(25)26-17-5-3-2-4-16(17)22-21-15-7-6-13(19)12-14(15)20/h2-7,12H,8-11,19-20H2,1H3. The molecule has 0 atom stereocenters. The highest BCUT2D eigenvalue weighted by Crippen LogP contribution is 2.31. The number of nitrogens with two attached hydrogens (primary N) is 2. The molecule has 0 unspecified atom stereocenters. The Morgan fingerprint density at radius 2 is 1.69 bits per heavy atom. The highest BCUT2D eigenvalue weighted by Gasteiger charge is 2.21. The molecule has 1 fully saturated rings. The summed E-state index contributed by atoms with van der Waals surface area (Å²) in [6.45, 7) is 2.93. The zero-order valence-electron chi connectivity index (χ0n) is 14.6. The van der Waals surface area contributed by atoms with E-state index < -0.39 is 0 Å². The fourth-order valence-electron chi connectivity index (χ4n) is 2.55. The first kappa shape index (κ1) is 17.7. The molecule has 4 N–H and O–H groups in total. The lowest BCUT2D eigenvalue weighted by molar-refractivity contribution is 0.120. The first-order valence-electron chi connectivity index (χ1n) is 8.34. The van der Waals surface area contributed by atoms with E-state index in [2.05, 4.69) is 15.1 Å². The van der Waals surface area contributed by atoms with Crippen molar-refractivity contribution in [3.63, 3.8) is 0 Å². The van der Waals surface area contributed by atoms with Gasteiger partial charge >= 0.3 is 6.09 Å². The second-order valence-corrected chi connectivity index (χ2v) is 6.14. The maximum Gasteiger partial charge on any atom is 0.415 e. The average Bonchev–Trinajstić information content (AvgIpc) is 2.62. The van der Waals surface area contributed by atoms with Gasteiger partial charge in [-0.3, -0.25) is 0 Å². The molecule has 136 valence electrons. The minimum Gasteiger partial charge on any atom is -0.408 e. The molecule has 2 aromatic rings. The molecule has 0 spiro atoms. The highest BCUT2D eigenvalue weighted by molar-refractivity contribution is 5.73. The van der Waals surface area contributed by atoms with Gasteiger partial charge in [0.1, 0.15) is 11.4 Å². The SMILES string of the molecule is CN1CCN(C(=O)Oc2ccccc2N=Nc2ccc(N)cc2N)CC1. The van der Waals surface area contributed by atoms with Gasteiger partial charge in [-0.05, 0) is 37.4 Å². The number of hydrogen-bond acceptors (Lipinski definition) is 7. The summed E-state index contributed by atoms with van der Waals surface area (Å²) < 4.78 is 5.52. The Balaban J connectivity index is 1.73. The van der Waals surface area contributed by atoms with Crippen molar-refractivity contribution in [3.8, 4) is 5.75 Å². The van der Waals surface area contributed by atoms with Crippen LogP contribution < -0.4 is 16.2 Å². The van der Waals surface area contributed by atoms with Gasteiger partial charge in [-0.2, -0.15) is 0 Å². The van der Waals surface area contributed by atoms with Gasteiger partial charge in [-0.15, -0.1) is 10.2 Å². The molecule has 1 aliphatic rings. The van der Waals surface area contributed by atoms with Crippen LogP contribution in [0, 0.1) is 0 Å². The molecular weight excluding hydrogens is 332 g/mol. The van der Waals surface area contributed by atoms with Gasteiger partial charge in [0.05, 0.1) is 5.69 Å². The van der Waals surface area contributed by atoms with Crippen LogP contribution in [0.25, 0.3) is 0 Å². The number of carbonyl (C=O) groups is 1. The van der Waals surface area contributed by atoms with Crippen molar-refractivity contribution in [2.24, 2.45) is 10.2 Å². The third kappa shape index (κ3) is 4.28. The summed E-state index contributed by atoms with van der Waals surface area (Å²) in [6, 6.07) is 12.0. The molecular formula is C18H22N6O2. The lowest BCUT2D eigenvalue weighted by atomic mass is 10.2. The number of para-hydroxylation sites is 1. The summed E-state index contributed by atoms with van der Waals surface area (Å²) in [7, 11) is 2.03. The van der Waals surface area contributed by atoms with Gasteiger partial charge in [0.15, 0.2) is 5.75 Å². The van der Waals surface area contributed by atoms with Crippen molar-refractivity contribution < 1.29 is 9.53 Å². The molecule has 1 aliphatic heterocycles. The number of likely N-dealkylation sites (N-methyl/N-ethyl adjacent to an activating group) is 1.